The number of hydrogen-bond acceptors (Lipinski definition) is 4. The maximum absolute atomic E-state index is 12.8. The number of carbonyl (C=O) groups excluding carboxylic acids is 1. The minimum atomic E-state index is -3.53. The first-order chi connectivity index (χ1) is 12.9. The van der Waals surface area contributed by atoms with E-state index in [1.165, 1.54) is 4.31 Å². The Morgan fingerprint density at radius 1 is 1.00 bits per heavy atom. The highest BCUT2D eigenvalue weighted by atomic mass is 79.9. The molecule has 2 heterocycles. The summed E-state index contributed by atoms with van der Waals surface area (Å²) in [5.41, 5.74) is 0.441. The molecule has 0 saturated carbocycles. The maximum atomic E-state index is 12.8. The summed E-state index contributed by atoms with van der Waals surface area (Å²) in [4.78, 5) is 17.4. The summed E-state index contributed by atoms with van der Waals surface area (Å²) < 4.78 is 27.9. The van der Waals surface area contributed by atoms with E-state index in [0.717, 1.165) is 10.0 Å². The van der Waals surface area contributed by atoms with Crippen molar-refractivity contribution in [3.8, 4) is 0 Å². The summed E-state index contributed by atoms with van der Waals surface area (Å²) in [5, 5.41) is 2.97. The zero-order valence-electron chi connectivity index (χ0n) is 14.4. The van der Waals surface area contributed by atoms with Crippen molar-refractivity contribution in [3.63, 3.8) is 0 Å². The van der Waals surface area contributed by atoms with Crippen LogP contribution in [0.25, 0.3) is 0 Å². The summed E-state index contributed by atoms with van der Waals surface area (Å²) in [6.45, 7) is 0.628. The van der Waals surface area contributed by atoms with Gasteiger partial charge >= 0.3 is 0 Å². The summed E-state index contributed by atoms with van der Waals surface area (Å²) >= 11 is 3.38. The van der Waals surface area contributed by atoms with Crippen LogP contribution in [0.1, 0.15) is 18.4 Å². The number of carbonyl (C=O) groups is 1. The van der Waals surface area contributed by atoms with Crippen molar-refractivity contribution < 1.29 is 13.2 Å². The highest BCUT2D eigenvalue weighted by Gasteiger charge is 2.44. The highest BCUT2D eigenvalue weighted by Crippen LogP contribution is 2.31. The molecule has 1 saturated heterocycles. The monoisotopic (exact) mass is 447 g/mol. The summed E-state index contributed by atoms with van der Waals surface area (Å²) in [6.07, 6.45) is 0.898. The standard InChI is InChI=1S/C19H18BrN3O3S/c20-15-8-6-14(7-9-15)17-18(24)22-19(21-17)10-12-23(13-11-19)27(25,26)16-4-2-1-3-5-16/h1-9H,10-13H2,(H,22,24). The van der Waals surface area contributed by atoms with Gasteiger partial charge in [0.15, 0.2) is 0 Å². The third-order valence-corrected chi connectivity index (χ3v) is 7.38. The first kappa shape index (κ1) is 18.3. The average Bonchev–Trinajstić information content (AvgIpc) is 2.99. The third kappa shape index (κ3) is 3.44. The fourth-order valence-corrected chi connectivity index (χ4v) is 5.17. The van der Waals surface area contributed by atoms with Gasteiger partial charge in [-0.15, -0.1) is 0 Å². The molecule has 140 valence electrons. The highest BCUT2D eigenvalue weighted by molar-refractivity contribution is 9.10. The minimum absolute atomic E-state index is 0.211. The van der Waals surface area contributed by atoms with Crippen LogP contribution in [0.5, 0.6) is 0 Å². The van der Waals surface area contributed by atoms with Crippen LogP contribution >= 0.6 is 15.9 Å². The lowest BCUT2D eigenvalue weighted by Gasteiger charge is -2.36. The molecule has 2 aliphatic rings. The van der Waals surface area contributed by atoms with Crippen molar-refractivity contribution in [1.82, 2.24) is 9.62 Å². The van der Waals surface area contributed by atoms with Crippen molar-refractivity contribution in [1.29, 1.82) is 0 Å². The van der Waals surface area contributed by atoms with Crippen LogP contribution in [0.15, 0.2) is 69.0 Å². The maximum Gasteiger partial charge on any atom is 0.272 e. The molecule has 0 unspecified atom stereocenters. The molecule has 2 aliphatic heterocycles. The number of halogens is 1. The van der Waals surface area contributed by atoms with E-state index in [0.29, 0.717) is 31.6 Å². The predicted octanol–water partition coefficient (Wildman–Crippen LogP) is 2.55. The number of benzene rings is 2. The van der Waals surface area contributed by atoms with Gasteiger partial charge in [-0.1, -0.05) is 46.3 Å². The number of nitrogens with zero attached hydrogens (tertiary/aromatic N) is 2. The molecule has 1 N–H and O–H groups in total. The van der Waals surface area contributed by atoms with Gasteiger partial charge in [-0.3, -0.25) is 9.79 Å². The fourth-order valence-electron chi connectivity index (χ4n) is 3.44. The Morgan fingerprint density at radius 3 is 2.26 bits per heavy atom. The second kappa shape index (κ2) is 6.85. The van der Waals surface area contributed by atoms with Crippen LogP contribution in [-0.4, -0.2) is 43.1 Å². The Bertz CT molecular complexity index is 996. The van der Waals surface area contributed by atoms with E-state index in [9.17, 15) is 13.2 Å². The van der Waals surface area contributed by atoms with E-state index in [2.05, 4.69) is 26.2 Å². The van der Waals surface area contributed by atoms with Crippen molar-refractivity contribution in [2.75, 3.05) is 13.1 Å². The lowest BCUT2D eigenvalue weighted by atomic mass is 10.00. The van der Waals surface area contributed by atoms with Crippen LogP contribution in [0, 0.1) is 0 Å². The van der Waals surface area contributed by atoms with Gasteiger partial charge in [0.05, 0.1) is 4.90 Å². The van der Waals surface area contributed by atoms with Crippen molar-refractivity contribution in [3.05, 3.63) is 64.6 Å². The quantitative estimate of drug-likeness (QED) is 0.784. The Balaban J connectivity index is 1.53. The van der Waals surface area contributed by atoms with Gasteiger partial charge in [0.25, 0.3) is 5.91 Å². The van der Waals surface area contributed by atoms with Gasteiger partial charge in [0, 0.05) is 36.0 Å². The van der Waals surface area contributed by atoms with Gasteiger partial charge in [-0.2, -0.15) is 4.31 Å². The number of sulfonamides is 1. The largest absolute Gasteiger partial charge is 0.326 e. The first-order valence-corrected chi connectivity index (χ1v) is 10.9. The van der Waals surface area contributed by atoms with E-state index in [-0.39, 0.29) is 10.8 Å². The van der Waals surface area contributed by atoms with E-state index >= 15 is 0 Å². The molecular formula is C19H18BrN3O3S. The van der Waals surface area contributed by atoms with E-state index in [4.69, 9.17) is 0 Å². The zero-order chi connectivity index (χ0) is 19.1. The third-order valence-electron chi connectivity index (χ3n) is 4.94. The molecule has 0 aliphatic carbocycles. The number of nitrogens with one attached hydrogen (secondary N) is 1. The van der Waals surface area contributed by atoms with E-state index in [1.54, 1.807) is 30.3 Å². The number of aliphatic imine (C=N–C) groups is 1. The number of rotatable bonds is 3. The van der Waals surface area contributed by atoms with Crippen LogP contribution < -0.4 is 5.32 Å². The molecule has 2 aromatic rings. The predicted molar refractivity (Wildman–Crippen MR) is 106 cm³/mol. The number of hydrogen-bond donors (Lipinski definition) is 1. The van der Waals surface area contributed by atoms with E-state index in [1.807, 2.05) is 24.3 Å². The molecule has 0 atom stereocenters. The molecule has 2 aromatic carbocycles. The van der Waals surface area contributed by atoms with Crippen LogP contribution in [0.3, 0.4) is 0 Å². The number of amides is 1. The van der Waals surface area contributed by atoms with E-state index < -0.39 is 15.7 Å². The van der Waals surface area contributed by atoms with Crippen LogP contribution in [0.2, 0.25) is 0 Å². The fraction of sp³-hybridized carbons (Fsp3) is 0.263. The van der Waals surface area contributed by atoms with Crippen molar-refractivity contribution in [2.45, 2.75) is 23.4 Å². The molecule has 1 fully saturated rings. The molecule has 1 amide bonds. The smallest absolute Gasteiger partial charge is 0.272 e. The minimum Gasteiger partial charge on any atom is -0.326 e. The summed E-state index contributed by atoms with van der Waals surface area (Å²) in [7, 11) is -3.53. The SMILES string of the molecule is O=C1NC2(CCN(S(=O)(=O)c3ccccc3)CC2)N=C1c1ccc(Br)cc1. The topological polar surface area (TPSA) is 78.8 Å². The second-order valence-corrected chi connectivity index (χ2v) is 9.52. The Morgan fingerprint density at radius 2 is 1.63 bits per heavy atom. The Kier molecular flexibility index (Phi) is 4.65. The molecule has 0 radical (unpaired) electrons. The molecule has 0 aromatic heterocycles. The molecule has 8 heteroatoms. The van der Waals surface area contributed by atoms with Crippen molar-refractivity contribution >= 4 is 37.6 Å². The summed E-state index contributed by atoms with van der Waals surface area (Å²) in [6, 6.07) is 15.8. The zero-order valence-corrected chi connectivity index (χ0v) is 16.8. The average molecular weight is 448 g/mol. The van der Waals surface area contributed by atoms with Gasteiger partial charge < -0.3 is 5.32 Å². The summed E-state index contributed by atoms with van der Waals surface area (Å²) in [5.74, 6) is -0.211. The Hall–Kier alpha value is -2.03. The normalized spacial score (nSPS) is 19.7. The molecule has 27 heavy (non-hydrogen) atoms. The lowest BCUT2D eigenvalue weighted by molar-refractivity contribution is -0.115. The molecular weight excluding hydrogens is 430 g/mol. The first-order valence-electron chi connectivity index (χ1n) is 8.63. The molecule has 0 bridgehead atoms. The molecule has 6 nitrogen and oxygen atoms in total. The van der Waals surface area contributed by atoms with Crippen molar-refractivity contribution in [2.24, 2.45) is 4.99 Å². The number of piperidine rings is 1. The van der Waals surface area contributed by atoms with Gasteiger partial charge in [0.1, 0.15) is 11.4 Å². The molecule has 4 rings (SSSR count). The van der Waals surface area contributed by atoms with Gasteiger partial charge in [0.2, 0.25) is 10.0 Å². The lowest BCUT2D eigenvalue weighted by Crippen LogP contribution is -2.52. The Labute approximate surface area is 166 Å². The molecule has 1 spiro atoms. The van der Waals surface area contributed by atoms with Gasteiger partial charge in [-0.25, -0.2) is 8.42 Å². The second-order valence-electron chi connectivity index (χ2n) is 6.67. The van der Waals surface area contributed by atoms with Crippen LogP contribution in [-0.2, 0) is 14.8 Å². The van der Waals surface area contributed by atoms with Gasteiger partial charge in [-0.05, 0) is 24.3 Å². The van der Waals surface area contributed by atoms with Crippen LogP contribution in [0.4, 0.5) is 0 Å².